The molecule has 110 valence electrons. The largest absolute Gasteiger partial charge is 0.465 e. The van der Waals surface area contributed by atoms with Crippen LogP contribution >= 0.6 is 0 Å². The molecule has 3 heteroatoms. The van der Waals surface area contributed by atoms with Gasteiger partial charge >= 0.3 is 5.97 Å². The fraction of sp³-hybridized carbons (Fsp3) is 0.588. The molecule has 0 aromatic heterocycles. The number of benzene rings is 1. The number of hydrogen-bond donors (Lipinski definition) is 0. The third-order valence-corrected chi connectivity index (χ3v) is 4.70. The number of hydrogen-bond acceptors (Lipinski definition) is 3. The van der Waals surface area contributed by atoms with Crippen molar-refractivity contribution in [3.8, 4) is 0 Å². The van der Waals surface area contributed by atoms with Crippen LogP contribution in [-0.2, 0) is 11.3 Å². The van der Waals surface area contributed by atoms with Gasteiger partial charge in [0.1, 0.15) is 0 Å². The number of piperidine rings is 1. The van der Waals surface area contributed by atoms with Gasteiger partial charge < -0.3 is 4.74 Å². The molecule has 0 atom stereocenters. The molecule has 1 saturated heterocycles. The van der Waals surface area contributed by atoms with Crippen LogP contribution in [0, 0.1) is 5.41 Å². The number of rotatable bonds is 4. The minimum absolute atomic E-state index is 0.270. The number of likely N-dealkylation sites (tertiary alicyclic amines) is 1. The van der Waals surface area contributed by atoms with Crippen molar-refractivity contribution >= 4 is 5.97 Å². The average molecular weight is 275 g/mol. The third-order valence-electron chi connectivity index (χ3n) is 4.70. The van der Waals surface area contributed by atoms with Crippen molar-refractivity contribution in [2.75, 3.05) is 20.2 Å². The summed E-state index contributed by atoms with van der Waals surface area (Å²) in [6, 6.07) is 7.75. The van der Waals surface area contributed by atoms with Gasteiger partial charge in [0.2, 0.25) is 0 Å². The first-order valence-corrected chi connectivity index (χ1v) is 7.46. The van der Waals surface area contributed by atoms with Crippen molar-refractivity contribution in [3.05, 3.63) is 35.4 Å². The van der Waals surface area contributed by atoms with Gasteiger partial charge in [0.25, 0.3) is 0 Å². The Morgan fingerprint density at radius 2 is 1.85 bits per heavy atom. The van der Waals surface area contributed by atoms with Gasteiger partial charge in [0, 0.05) is 6.54 Å². The minimum atomic E-state index is -0.270. The van der Waals surface area contributed by atoms with E-state index in [0.29, 0.717) is 11.0 Å². The molecule has 2 rings (SSSR count). The van der Waals surface area contributed by atoms with Crippen molar-refractivity contribution in [2.45, 2.75) is 39.7 Å². The van der Waals surface area contributed by atoms with Crippen molar-refractivity contribution in [1.82, 2.24) is 4.90 Å². The smallest absolute Gasteiger partial charge is 0.337 e. The lowest BCUT2D eigenvalue weighted by atomic mass is 9.78. The first-order valence-electron chi connectivity index (χ1n) is 7.46. The van der Waals surface area contributed by atoms with E-state index in [1.807, 2.05) is 24.3 Å². The molecule has 0 bridgehead atoms. The molecule has 3 nitrogen and oxygen atoms in total. The van der Waals surface area contributed by atoms with Gasteiger partial charge in [-0.1, -0.05) is 32.4 Å². The van der Waals surface area contributed by atoms with Crippen molar-refractivity contribution < 1.29 is 9.53 Å². The maximum atomic E-state index is 11.4. The number of ether oxygens (including phenoxy) is 1. The Kier molecular flexibility index (Phi) is 4.81. The summed E-state index contributed by atoms with van der Waals surface area (Å²) in [7, 11) is 1.41. The van der Waals surface area contributed by atoms with Gasteiger partial charge in [-0.3, -0.25) is 4.90 Å². The molecule has 1 aliphatic rings. The Morgan fingerprint density at radius 3 is 2.35 bits per heavy atom. The van der Waals surface area contributed by atoms with Crippen LogP contribution in [0.1, 0.15) is 49.0 Å². The maximum Gasteiger partial charge on any atom is 0.337 e. The molecule has 0 amide bonds. The van der Waals surface area contributed by atoms with Gasteiger partial charge in [-0.15, -0.1) is 0 Å². The average Bonchev–Trinajstić information content (AvgIpc) is 2.50. The zero-order valence-electron chi connectivity index (χ0n) is 12.8. The zero-order chi connectivity index (χ0) is 14.6. The van der Waals surface area contributed by atoms with E-state index in [0.717, 1.165) is 6.54 Å². The van der Waals surface area contributed by atoms with E-state index in [9.17, 15) is 4.79 Å². The number of esters is 1. The molecule has 20 heavy (non-hydrogen) atoms. The molecule has 1 fully saturated rings. The molecule has 0 aliphatic carbocycles. The van der Waals surface area contributed by atoms with Crippen LogP contribution < -0.4 is 0 Å². The normalized spacial score (nSPS) is 18.8. The van der Waals surface area contributed by atoms with E-state index >= 15 is 0 Å². The second-order valence-corrected chi connectivity index (χ2v) is 6.13. The summed E-state index contributed by atoms with van der Waals surface area (Å²) in [6.45, 7) is 8.00. The Hall–Kier alpha value is -1.35. The van der Waals surface area contributed by atoms with Crippen molar-refractivity contribution in [1.29, 1.82) is 0 Å². The monoisotopic (exact) mass is 275 g/mol. The first-order chi connectivity index (χ1) is 9.56. The zero-order valence-corrected chi connectivity index (χ0v) is 12.8. The maximum absolute atomic E-state index is 11.4. The highest BCUT2D eigenvalue weighted by atomic mass is 16.5. The van der Waals surface area contributed by atoms with Crippen LogP contribution in [-0.4, -0.2) is 31.1 Å². The van der Waals surface area contributed by atoms with E-state index < -0.39 is 0 Å². The van der Waals surface area contributed by atoms with Gasteiger partial charge in [-0.05, 0) is 49.0 Å². The highest BCUT2D eigenvalue weighted by molar-refractivity contribution is 5.89. The van der Waals surface area contributed by atoms with Gasteiger partial charge in [-0.25, -0.2) is 4.79 Å². The predicted molar refractivity (Wildman–Crippen MR) is 80.7 cm³/mol. The van der Waals surface area contributed by atoms with Crippen LogP contribution in [0.25, 0.3) is 0 Å². The summed E-state index contributed by atoms with van der Waals surface area (Å²) in [5, 5.41) is 0. The second-order valence-electron chi connectivity index (χ2n) is 6.13. The topological polar surface area (TPSA) is 29.5 Å². The molecule has 1 aromatic carbocycles. The summed E-state index contributed by atoms with van der Waals surface area (Å²) in [5.41, 5.74) is 2.41. The highest BCUT2D eigenvalue weighted by Crippen LogP contribution is 2.34. The Balaban J connectivity index is 1.90. The molecule has 1 aromatic rings. The summed E-state index contributed by atoms with van der Waals surface area (Å²) in [5.74, 6) is -0.270. The van der Waals surface area contributed by atoms with E-state index in [4.69, 9.17) is 4.74 Å². The van der Waals surface area contributed by atoms with Crippen LogP contribution in [0.2, 0.25) is 0 Å². The minimum Gasteiger partial charge on any atom is -0.465 e. The molecule has 0 radical (unpaired) electrons. The molecular formula is C17H25NO2. The number of nitrogens with zero attached hydrogens (tertiary/aromatic N) is 1. The summed E-state index contributed by atoms with van der Waals surface area (Å²) >= 11 is 0. The van der Waals surface area contributed by atoms with Crippen LogP contribution in [0.4, 0.5) is 0 Å². The molecule has 0 N–H and O–H groups in total. The lowest BCUT2D eigenvalue weighted by Crippen LogP contribution is -2.37. The van der Waals surface area contributed by atoms with Crippen LogP contribution in [0.15, 0.2) is 24.3 Å². The van der Waals surface area contributed by atoms with E-state index in [-0.39, 0.29) is 5.97 Å². The van der Waals surface area contributed by atoms with E-state index in [1.165, 1.54) is 45.0 Å². The number of carbonyl (C=O) groups is 1. The molecule has 0 unspecified atom stereocenters. The van der Waals surface area contributed by atoms with Crippen molar-refractivity contribution in [3.63, 3.8) is 0 Å². The predicted octanol–water partition coefficient (Wildman–Crippen LogP) is 3.49. The summed E-state index contributed by atoms with van der Waals surface area (Å²) < 4.78 is 4.71. The lowest BCUT2D eigenvalue weighted by Gasteiger charge is -2.39. The van der Waals surface area contributed by atoms with Crippen molar-refractivity contribution in [2.24, 2.45) is 5.41 Å². The fourth-order valence-electron chi connectivity index (χ4n) is 2.73. The standard InChI is InChI=1S/C17H25NO2/c1-4-17(2)9-11-18(12-10-17)13-14-5-7-15(8-6-14)16(19)20-3/h5-8H,4,9-13H2,1-3H3. The van der Waals surface area contributed by atoms with Gasteiger partial charge in [0.15, 0.2) is 0 Å². The number of carbonyl (C=O) groups excluding carboxylic acids is 1. The number of methoxy groups -OCH3 is 1. The Morgan fingerprint density at radius 1 is 1.25 bits per heavy atom. The fourth-order valence-corrected chi connectivity index (χ4v) is 2.73. The van der Waals surface area contributed by atoms with E-state index in [1.54, 1.807) is 0 Å². The van der Waals surface area contributed by atoms with Crippen LogP contribution in [0.5, 0.6) is 0 Å². The molecule has 1 aliphatic heterocycles. The third kappa shape index (κ3) is 3.60. The summed E-state index contributed by atoms with van der Waals surface area (Å²) in [6.07, 6.45) is 3.84. The Labute approximate surface area is 121 Å². The molecule has 0 saturated carbocycles. The van der Waals surface area contributed by atoms with Crippen LogP contribution in [0.3, 0.4) is 0 Å². The quantitative estimate of drug-likeness (QED) is 0.788. The molecule has 0 spiro atoms. The SMILES string of the molecule is CCC1(C)CCN(Cc2ccc(C(=O)OC)cc2)CC1. The van der Waals surface area contributed by atoms with E-state index in [2.05, 4.69) is 18.7 Å². The first kappa shape index (κ1) is 15.0. The van der Waals surface area contributed by atoms with Gasteiger partial charge in [-0.2, -0.15) is 0 Å². The van der Waals surface area contributed by atoms with Gasteiger partial charge in [0.05, 0.1) is 12.7 Å². The molecule has 1 heterocycles. The lowest BCUT2D eigenvalue weighted by molar-refractivity contribution is 0.0600. The molecular weight excluding hydrogens is 250 g/mol. The summed E-state index contributed by atoms with van der Waals surface area (Å²) in [4.78, 5) is 13.9. The second kappa shape index (κ2) is 6.40. The Bertz CT molecular complexity index is 445. The highest BCUT2D eigenvalue weighted by Gasteiger charge is 2.27.